The topological polar surface area (TPSA) is 66.5 Å². The van der Waals surface area contributed by atoms with Crippen LogP contribution in [0.25, 0.3) is 0 Å². The molecule has 0 saturated carbocycles. The van der Waals surface area contributed by atoms with Gasteiger partial charge in [0.2, 0.25) is 11.8 Å². The van der Waals surface area contributed by atoms with Gasteiger partial charge >= 0.3 is 0 Å². The van der Waals surface area contributed by atoms with E-state index in [1.54, 1.807) is 4.90 Å². The Morgan fingerprint density at radius 2 is 2.09 bits per heavy atom. The summed E-state index contributed by atoms with van der Waals surface area (Å²) < 4.78 is 0. The molecule has 116 valence electrons. The van der Waals surface area contributed by atoms with E-state index in [1.807, 2.05) is 12.1 Å². The van der Waals surface area contributed by atoms with E-state index in [2.05, 4.69) is 18.3 Å². The van der Waals surface area contributed by atoms with Crippen LogP contribution in [-0.4, -0.2) is 28.7 Å². The Kier molecular flexibility index (Phi) is 3.96. The van der Waals surface area contributed by atoms with E-state index in [1.165, 1.54) is 5.56 Å². The molecule has 2 aliphatic heterocycles. The third kappa shape index (κ3) is 2.51. The Bertz CT molecular complexity index is 639. The number of hydrogen-bond acceptors (Lipinski definition) is 3. The molecule has 2 aliphatic rings. The number of fused-ring (bicyclic) bond motifs is 1. The van der Waals surface area contributed by atoms with Crippen LogP contribution in [0.15, 0.2) is 18.2 Å². The van der Waals surface area contributed by atoms with Crippen LogP contribution in [0, 0.1) is 0 Å². The van der Waals surface area contributed by atoms with Crippen molar-refractivity contribution in [3.05, 3.63) is 34.9 Å². The average Bonchev–Trinajstić information content (AvgIpc) is 2.83. The Balaban J connectivity index is 1.84. The molecule has 0 radical (unpaired) electrons. The molecule has 5 nitrogen and oxygen atoms in total. The summed E-state index contributed by atoms with van der Waals surface area (Å²) in [7, 11) is 0. The fourth-order valence-corrected chi connectivity index (χ4v) is 3.25. The number of imide groups is 1. The average molecular weight is 300 g/mol. The second kappa shape index (κ2) is 5.91. The molecule has 1 fully saturated rings. The highest BCUT2D eigenvalue weighted by atomic mass is 16.2. The number of benzene rings is 1. The van der Waals surface area contributed by atoms with Crippen molar-refractivity contribution in [1.82, 2.24) is 10.2 Å². The number of piperidine rings is 1. The molecule has 1 unspecified atom stereocenters. The van der Waals surface area contributed by atoms with Gasteiger partial charge in [-0.25, -0.2) is 0 Å². The molecule has 2 heterocycles. The number of aryl methyl sites for hydroxylation is 1. The molecule has 1 aromatic rings. The van der Waals surface area contributed by atoms with Gasteiger partial charge in [-0.15, -0.1) is 0 Å². The minimum atomic E-state index is -0.531. The van der Waals surface area contributed by atoms with Crippen LogP contribution in [0.2, 0.25) is 0 Å². The van der Waals surface area contributed by atoms with E-state index in [-0.39, 0.29) is 17.7 Å². The first-order chi connectivity index (χ1) is 10.6. The van der Waals surface area contributed by atoms with Crippen LogP contribution in [0.5, 0.6) is 0 Å². The van der Waals surface area contributed by atoms with Crippen LogP contribution in [0.4, 0.5) is 0 Å². The molecule has 3 rings (SSSR count). The van der Waals surface area contributed by atoms with Gasteiger partial charge in [0.1, 0.15) is 6.04 Å². The molecule has 1 N–H and O–H groups in total. The number of nitrogens with zero attached hydrogens (tertiary/aromatic N) is 1. The first kappa shape index (κ1) is 14.8. The molecule has 0 aliphatic carbocycles. The predicted octanol–water partition coefficient (Wildman–Crippen LogP) is 1.79. The van der Waals surface area contributed by atoms with Crippen LogP contribution in [0.3, 0.4) is 0 Å². The van der Waals surface area contributed by atoms with Crippen molar-refractivity contribution < 1.29 is 14.4 Å². The third-order valence-corrected chi connectivity index (χ3v) is 4.48. The van der Waals surface area contributed by atoms with E-state index in [0.717, 1.165) is 24.8 Å². The van der Waals surface area contributed by atoms with E-state index >= 15 is 0 Å². The van der Waals surface area contributed by atoms with E-state index in [4.69, 9.17) is 0 Å². The van der Waals surface area contributed by atoms with Crippen LogP contribution >= 0.6 is 0 Å². The van der Waals surface area contributed by atoms with E-state index < -0.39 is 6.04 Å². The first-order valence-electron chi connectivity index (χ1n) is 7.87. The zero-order chi connectivity index (χ0) is 15.7. The maximum atomic E-state index is 12.6. The van der Waals surface area contributed by atoms with Gasteiger partial charge in [0, 0.05) is 18.5 Å². The quantitative estimate of drug-likeness (QED) is 0.862. The van der Waals surface area contributed by atoms with E-state index in [9.17, 15) is 14.4 Å². The number of hydrogen-bond donors (Lipinski definition) is 1. The largest absolute Gasteiger partial charge is 0.322 e. The van der Waals surface area contributed by atoms with Crippen molar-refractivity contribution in [3.8, 4) is 0 Å². The van der Waals surface area contributed by atoms with Gasteiger partial charge < -0.3 is 4.90 Å². The first-order valence-corrected chi connectivity index (χ1v) is 7.87. The maximum absolute atomic E-state index is 12.6. The second-order valence-corrected chi connectivity index (χ2v) is 5.95. The van der Waals surface area contributed by atoms with Crippen LogP contribution < -0.4 is 5.32 Å². The fourth-order valence-electron chi connectivity index (χ4n) is 3.25. The molecule has 3 amide bonds. The Labute approximate surface area is 129 Å². The van der Waals surface area contributed by atoms with E-state index in [0.29, 0.717) is 24.9 Å². The number of carbonyl (C=O) groups excluding carboxylic acids is 3. The zero-order valence-electron chi connectivity index (χ0n) is 12.7. The van der Waals surface area contributed by atoms with Gasteiger partial charge in [0.25, 0.3) is 5.91 Å². The standard InChI is InChI=1S/C17H20N2O3/c1-2-3-5-11-6-4-7-12-13(11)10-19(17(12)22)14-8-9-15(20)18-16(14)21/h4,6-7,14H,2-3,5,8-10H2,1H3,(H,18,20,21). The van der Waals surface area contributed by atoms with Crippen LogP contribution in [0.1, 0.15) is 54.1 Å². The second-order valence-electron chi connectivity index (χ2n) is 5.95. The maximum Gasteiger partial charge on any atom is 0.255 e. The molecule has 1 aromatic carbocycles. The lowest BCUT2D eigenvalue weighted by atomic mass is 9.99. The van der Waals surface area contributed by atoms with Crippen LogP contribution in [-0.2, 0) is 22.6 Å². The van der Waals surface area contributed by atoms with Gasteiger partial charge in [-0.1, -0.05) is 25.5 Å². The molecular weight excluding hydrogens is 280 g/mol. The highest BCUT2D eigenvalue weighted by Crippen LogP contribution is 2.30. The minimum Gasteiger partial charge on any atom is -0.322 e. The molecule has 0 spiro atoms. The molecule has 5 heteroatoms. The molecule has 1 saturated heterocycles. The lowest BCUT2D eigenvalue weighted by Gasteiger charge is -2.29. The Hall–Kier alpha value is -2.17. The number of carbonyl (C=O) groups is 3. The summed E-state index contributed by atoms with van der Waals surface area (Å²) in [5.41, 5.74) is 2.95. The number of rotatable bonds is 4. The number of amides is 3. The van der Waals surface area contributed by atoms with Crippen molar-refractivity contribution in [2.75, 3.05) is 0 Å². The Morgan fingerprint density at radius 3 is 2.82 bits per heavy atom. The predicted molar refractivity (Wildman–Crippen MR) is 81.1 cm³/mol. The van der Waals surface area contributed by atoms with Gasteiger partial charge in [-0.3, -0.25) is 19.7 Å². The summed E-state index contributed by atoms with van der Waals surface area (Å²) in [6, 6.07) is 5.28. The monoisotopic (exact) mass is 300 g/mol. The highest BCUT2D eigenvalue weighted by molar-refractivity contribution is 6.05. The van der Waals surface area contributed by atoms with Crippen molar-refractivity contribution in [2.24, 2.45) is 0 Å². The summed E-state index contributed by atoms with van der Waals surface area (Å²) in [5, 5.41) is 2.33. The fraction of sp³-hybridized carbons (Fsp3) is 0.471. The summed E-state index contributed by atoms with van der Waals surface area (Å²) in [5.74, 6) is -0.704. The van der Waals surface area contributed by atoms with Crippen molar-refractivity contribution in [2.45, 2.75) is 51.6 Å². The lowest BCUT2D eigenvalue weighted by Crippen LogP contribution is -2.52. The molecular formula is C17H20N2O3. The SMILES string of the molecule is CCCCc1cccc2c1CN(C1CCC(=O)NC1=O)C2=O. The summed E-state index contributed by atoms with van der Waals surface area (Å²) in [6.45, 7) is 2.62. The Morgan fingerprint density at radius 1 is 1.27 bits per heavy atom. The lowest BCUT2D eigenvalue weighted by molar-refractivity contribution is -0.136. The smallest absolute Gasteiger partial charge is 0.255 e. The van der Waals surface area contributed by atoms with Crippen molar-refractivity contribution >= 4 is 17.7 Å². The van der Waals surface area contributed by atoms with Gasteiger partial charge in [-0.2, -0.15) is 0 Å². The third-order valence-electron chi connectivity index (χ3n) is 4.48. The van der Waals surface area contributed by atoms with Gasteiger partial charge in [-0.05, 0) is 36.5 Å². The van der Waals surface area contributed by atoms with Gasteiger partial charge in [0.15, 0.2) is 0 Å². The molecule has 1 atom stereocenters. The van der Waals surface area contributed by atoms with Crippen molar-refractivity contribution in [1.29, 1.82) is 0 Å². The molecule has 22 heavy (non-hydrogen) atoms. The highest BCUT2D eigenvalue weighted by Gasteiger charge is 2.39. The summed E-state index contributed by atoms with van der Waals surface area (Å²) in [6.07, 6.45) is 3.85. The zero-order valence-corrected chi connectivity index (χ0v) is 12.7. The number of nitrogens with one attached hydrogen (secondary N) is 1. The molecule has 0 bridgehead atoms. The summed E-state index contributed by atoms with van der Waals surface area (Å²) in [4.78, 5) is 37.5. The molecule has 0 aromatic heterocycles. The van der Waals surface area contributed by atoms with Gasteiger partial charge in [0.05, 0.1) is 0 Å². The van der Waals surface area contributed by atoms with Crippen molar-refractivity contribution in [3.63, 3.8) is 0 Å². The number of unbranched alkanes of at least 4 members (excludes halogenated alkanes) is 1. The minimum absolute atomic E-state index is 0.0946. The summed E-state index contributed by atoms with van der Waals surface area (Å²) >= 11 is 0. The normalized spacial score (nSPS) is 21.0.